The van der Waals surface area contributed by atoms with Crippen LogP contribution in [0.15, 0.2) is 54.6 Å². The average Bonchev–Trinajstić information content (AvgIpc) is 2.70. The molecule has 1 N–H and O–H groups in total. The van der Waals surface area contributed by atoms with E-state index in [0.29, 0.717) is 37.5 Å². The monoisotopic (exact) mass is 385 g/mol. The molecule has 0 spiro atoms. The summed E-state index contributed by atoms with van der Waals surface area (Å²) in [6, 6.07) is 16.8. The number of amides is 3. The maximum absolute atomic E-state index is 12.7. The Morgan fingerprint density at radius 3 is 2.33 bits per heavy atom. The second kappa shape index (κ2) is 8.91. The number of likely N-dealkylation sites (tertiary alicyclic amines) is 1. The highest BCUT2D eigenvalue weighted by Crippen LogP contribution is 2.21. The first-order chi connectivity index (χ1) is 13.0. The van der Waals surface area contributed by atoms with Crippen LogP contribution in [-0.4, -0.2) is 41.9 Å². The second-order valence-corrected chi connectivity index (χ2v) is 7.31. The minimum Gasteiger partial charge on any atom is -0.341 e. The Labute approximate surface area is 164 Å². The number of para-hydroxylation sites is 1. The lowest BCUT2D eigenvalue weighted by Crippen LogP contribution is -2.44. The van der Waals surface area contributed by atoms with Crippen molar-refractivity contribution in [3.05, 3.63) is 65.2 Å². The molecule has 0 bridgehead atoms. The Morgan fingerprint density at radius 1 is 1.07 bits per heavy atom. The summed E-state index contributed by atoms with van der Waals surface area (Å²) in [5.41, 5.74) is 1.83. The molecular formula is C21H24ClN3O2. The molecule has 3 rings (SSSR count). The number of halogens is 1. The third kappa shape index (κ3) is 5.23. The number of carbonyl (C=O) groups excluding carboxylic acids is 2. The van der Waals surface area contributed by atoms with E-state index >= 15 is 0 Å². The van der Waals surface area contributed by atoms with Gasteiger partial charge >= 0.3 is 6.03 Å². The normalized spacial score (nSPS) is 14.7. The van der Waals surface area contributed by atoms with Gasteiger partial charge in [-0.1, -0.05) is 41.9 Å². The van der Waals surface area contributed by atoms with Crippen LogP contribution < -0.4 is 5.32 Å². The lowest BCUT2D eigenvalue weighted by molar-refractivity contribution is -0.136. The highest BCUT2D eigenvalue weighted by atomic mass is 35.5. The van der Waals surface area contributed by atoms with Crippen molar-refractivity contribution in [3.8, 4) is 0 Å². The summed E-state index contributed by atoms with van der Waals surface area (Å²) >= 11 is 5.90. The minimum atomic E-state index is -0.110. The summed E-state index contributed by atoms with van der Waals surface area (Å²) in [6.45, 7) is 1.73. The summed E-state index contributed by atoms with van der Waals surface area (Å²) in [7, 11) is 1.82. The van der Waals surface area contributed by atoms with Crippen molar-refractivity contribution in [2.45, 2.75) is 19.4 Å². The van der Waals surface area contributed by atoms with Crippen LogP contribution in [0.3, 0.4) is 0 Å². The summed E-state index contributed by atoms with van der Waals surface area (Å²) < 4.78 is 0. The van der Waals surface area contributed by atoms with E-state index in [2.05, 4.69) is 5.32 Å². The lowest BCUT2D eigenvalue weighted by Gasteiger charge is -2.33. The van der Waals surface area contributed by atoms with Gasteiger partial charge in [-0.25, -0.2) is 4.79 Å². The van der Waals surface area contributed by atoms with Crippen LogP contribution in [0.25, 0.3) is 0 Å². The average molecular weight is 386 g/mol. The molecule has 0 aliphatic carbocycles. The number of rotatable bonds is 4. The van der Waals surface area contributed by atoms with Gasteiger partial charge in [-0.2, -0.15) is 0 Å². The number of hydrogen-bond acceptors (Lipinski definition) is 2. The van der Waals surface area contributed by atoms with Crippen molar-refractivity contribution in [3.63, 3.8) is 0 Å². The molecule has 27 heavy (non-hydrogen) atoms. The number of carbonyl (C=O) groups is 2. The number of urea groups is 1. The smallest absolute Gasteiger partial charge is 0.321 e. The van der Waals surface area contributed by atoms with Crippen molar-refractivity contribution in [2.24, 2.45) is 5.92 Å². The van der Waals surface area contributed by atoms with Gasteiger partial charge in [0.05, 0.1) is 0 Å². The molecule has 0 aromatic heterocycles. The van der Waals surface area contributed by atoms with Crippen LogP contribution in [0.1, 0.15) is 18.4 Å². The molecule has 0 unspecified atom stereocenters. The Balaban J connectivity index is 1.48. The van der Waals surface area contributed by atoms with Crippen molar-refractivity contribution in [1.29, 1.82) is 0 Å². The standard InChI is InChI=1S/C21H24ClN3O2/c1-24(15-16-7-9-18(22)10-8-16)20(26)17-11-13-25(14-12-17)21(27)23-19-5-3-2-4-6-19/h2-10,17H,11-15H2,1H3,(H,23,27). The fourth-order valence-corrected chi connectivity index (χ4v) is 3.43. The number of nitrogens with one attached hydrogen (secondary N) is 1. The molecule has 0 atom stereocenters. The summed E-state index contributed by atoms with van der Waals surface area (Å²) in [5, 5.41) is 3.59. The molecule has 1 aliphatic heterocycles. The first kappa shape index (κ1) is 19.2. The van der Waals surface area contributed by atoms with Crippen LogP contribution >= 0.6 is 11.6 Å². The van der Waals surface area contributed by atoms with E-state index in [4.69, 9.17) is 11.6 Å². The van der Waals surface area contributed by atoms with Crippen LogP contribution in [0.2, 0.25) is 5.02 Å². The fourth-order valence-electron chi connectivity index (χ4n) is 3.31. The molecule has 142 valence electrons. The predicted molar refractivity (Wildman–Crippen MR) is 108 cm³/mol. The largest absolute Gasteiger partial charge is 0.341 e. The highest BCUT2D eigenvalue weighted by molar-refractivity contribution is 6.30. The zero-order chi connectivity index (χ0) is 19.2. The predicted octanol–water partition coefficient (Wildman–Crippen LogP) is 4.24. The van der Waals surface area contributed by atoms with E-state index in [9.17, 15) is 9.59 Å². The first-order valence-electron chi connectivity index (χ1n) is 9.13. The SMILES string of the molecule is CN(Cc1ccc(Cl)cc1)C(=O)C1CCN(C(=O)Nc2ccccc2)CC1. The molecule has 0 radical (unpaired) electrons. The van der Waals surface area contributed by atoms with E-state index in [1.165, 1.54) is 0 Å². The third-order valence-electron chi connectivity index (χ3n) is 4.87. The van der Waals surface area contributed by atoms with Crippen molar-refractivity contribution in [1.82, 2.24) is 9.80 Å². The Morgan fingerprint density at radius 2 is 1.70 bits per heavy atom. The number of hydrogen-bond donors (Lipinski definition) is 1. The van der Waals surface area contributed by atoms with Crippen LogP contribution in [0.5, 0.6) is 0 Å². The molecule has 0 saturated carbocycles. The number of anilines is 1. The maximum Gasteiger partial charge on any atom is 0.321 e. The zero-order valence-electron chi connectivity index (χ0n) is 15.4. The van der Waals surface area contributed by atoms with Crippen LogP contribution in [-0.2, 0) is 11.3 Å². The molecule has 3 amide bonds. The molecule has 1 heterocycles. The molecular weight excluding hydrogens is 362 g/mol. The molecule has 1 saturated heterocycles. The maximum atomic E-state index is 12.7. The minimum absolute atomic E-state index is 0.0388. The topological polar surface area (TPSA) is 52.7 Å². The van der Waals surface area contributed by atoms with E-state index in [1.54, 1.807) is 9.80 Å². The van der Waals surface area contributed by atoms with Gasteiger partial charge in [-0.15, -0.1) is 0 Å². The number of benzene rings is 2. The quantitative estimate of drug-likeness (QED) is 0.855. The Hall–Kier alpha value is -2.53. The molecule has 2 aromatic carbocycles. The number of nitrogens with zero attached hydrogens (tertiary/aromatic N) is 2. The van der Waals surface area contributed by atoms with Crippen molar-refractivity contribution < 1.29 is 9.59 Å². The summed E-state index contributed by atoms with van der Waals surface area (Å²) in [5.74, 6) is 0.0937. The van der Waals surface area contributed by atoms with Crippen LogP contribution in [0, 0.1) is 5.92 Å². The van der Waals surface area contributed by atoms with Gasteiger partial charge in [-0.3, -0.25) is 4.79 Å². The lowest BCUT2D eigenvalue weighted by atomic mass is 9.95. The molecule has 5 nitrogen and oxygen atoms in total. The van der Waals surface area contributed by atoms with Gasteiger partial charge in [0.1, 0.15) is 0 Å². The van der Waals surface area contributed by atoms with Gasteiger partial charge in [0, 0.05) is 43.3 Å². The van der Waals surface area contributed by atoms with Gasteiger partial charge in [0.15, 0.2) is 0 Å². The van der Waals surface area contributed by atoms with Crippen molar-refractivity contribution in [2.75, 3.05) is 25.5 Å². The van der Waals surface area contributed by atoms with Gasteiger partial charge in [0.2, 0.25) is 5.91 Å². The fraction of sp³-hybridized carbons (Fsp3) is 0.333. The molecule has 6 heteroatoms. The Bertz CT molecular complexity index is 772. The van der Waals surface area contributed by atoms with Gasteiger partial charge in [-0.05, 0) is 42.7 Å². The third-order valence-corrected chi connectivity index (χ3v) is 5.12. The molecule has 2 aromatic rings. The van der Waals surface area contributed by atoms with Crippen LogP contribution in [0.4, 0.5) is 10.5 Å². The second-order valence-electron chi connectivity index (χ2n) is 6.88. The number of piperidine rings is 1. The van der Waals surface area contributed by atoms with Gasteiger partial charge < -0.3 is 15.1 Å². The van der Waals surface area contributed by atoms with Gasteiger partial charge in [0.25, 0.3) is 0 Å². The summed E-state index contributed by atoms with van der Waals surface area (Å²) in [6.07, 6.45) is 1.37. The van der Waals surface area contributed by atoms with E-state index in [-0.39, 0.29) is 17.9 Å². The highest BCUT2D eigenvalue weighted by Gasteiger charge is 2.29. The van der Waals surface area contributed by atoms with E-state index in [0.717, 1.165) is 11.3 Å². The first-order valence-corrected chi connectivity index (χ1v) is 9.51. The van der Waals surface area contributed by atoms with E-state index < -0.39 is 0 Å². The Kier molecular flexibility index (Phi) is 6.35. The van der Waals surface area contributed by atoms with E-state index in [1.807, 2.05) is 61.6 Å². The summed E-state index contributed by atoms with van der Waals surface area (Å²) in [4.78, 5) is 28.6. The zero-order valence-corrected chi connectivity index (χ0v) is 16.2. The molecule has 1 aliphatic rings. The molecule has 1 fully saturated rings. The van der Waals surface area contributed by atoms with Crippen molar-refractivity contribution >= 4 is 29.2 Å².